The van der Waals surface area contributed by atoms with Gasteiger partial charge in [-0.15, -0.1) is 5.10 Å². The van der Waals surface area contributed by atoms with Gasteiger partial charge in [0.1, 0.15) is 11.8 Å². The van der Waals surface area contributed by atoms with E-state index >= 15 is 0 Å². The second-order valence-electron chi connectivity index (χ2n) is 4.41. The zero-order valence-corrected chi connectivity index (χ0v) is 11.1. The number of aliphatic hydroxyl groups excluding tert-OH is 1. The first-order valence-electron chi connectivity index (χ1n) is 5.42. The van der Waals surface area contributed by atoms with E-state index in [0.717, 1.165) is 19.3 Å². The van der Waals surface area contributed by atoms with Crippen LogP contribution >= 0.6 is 15.9 Å². The lowest BCUT2D eigenvalue weighted by Gasteiger charge is -2.37. The summed E-state index contributed by atoms with van der Waals surface area (Å²) in [7, 11) is 1.77. The Morgan fingerprint density at radius 2 is 2.31 bits per heavy atom. The molecule has 0 bridgehead atoms. The van der Waals surface area contributed by atoms with Crippen molar-refractivity contribution >= 4 is 15.9 Å². The SMILES string of the molecule is Cn1nnc(Br)c1C(O)C1(C)CCCCO1. The molecule has 16 heavy (non-hydrogen) atoms. The molecule has 0 aromatic carbocycles. The molecule has 6 heteroatoms. The molecule has 0 saturated carbocycles. The van der Waals surface area contributed by atoms with Gasteiger partial charge in [-0.2, -0.15) is 0 Å². The molecule has 0 aliphatic carbocycles. The van der Waals surface area contributed by atoms with E-state index in [1.807, 2.05) is 6.92 Å². The summed E-state index contributed by atoms with van der Waals surface area (Å²) >= 11 is 3.30. The molecule has 90 valence electrons. The normalized spacial score (nSPS) is 28.0. The fraction of sp³-hybridized carbons (Fsp3) is 0.800. The van der Waals surface area contributed by atoms with E-state index in [9.17, 15) is 5.11 Å². The highest BCUT2D eigenvalue weighted by Crippen LogP contribution is 2.37. The summed E-state index contributed by atoms with van der Waals surface area (Å²) in [4.78, 5) is 0. The summed E-state index contributed by atoms with van der Waals surface area (Å²) < 4.78 is 7.88. The van der Waals surface area contributed by atoms with Crippen molar-refractivity contribution in [2.45, 2.75) is 37.9 Å². The van der Waals surface area contributed by atoms with Crippen molar-refractivity contribution in [3.63, 3.8) is 0 Å². The van der Waals surface area contributed by atoms with Gasteiger partial charge in [0.15, 0.2) is 4.60 Å². The Morgan fingerprint density at radius 3 is 2.81 bits per heavy atom. The second-order valence-corrected chi connectivity index (χ2v) is 5.16. The Balaban J connectivity index is 2.27. The first-order chi connectivity index (χ1) is 7.54. The van der Waals surface area contributed by atoms with E-state index in [1.54, 1.807) is 11.7 Å². The van der Waals surface area contributed by atoms with Gasteiger partial charge >= 0.3 is 0 Å². The van der Waals surface area contributed by atoms with Gasteiger partial charge in [0, 0.05) is 13.7 Å². The zero-order chi connectivity index (χ0) is 11.8. The monoisotopic (exact) mass is 289 g/mol. The van der Waals surface area contributed by atoms with Crippen LogP contribution in [0.1, 0.15) is 38.0 Å². The van der Waals surface area contributed by atoms with E-state index in [-0.39, 0.29) is 0 Å². The summed E-state index contributed by atoms with van der Waals surface area (Å²) in [5.74, 6) is 0. The summed E-state index contributed by atoms with van der Waals surface area (Å²) in [5.41, 5.74) is 0.139. The van der Waals surface area contributed by atoms with Crippen molar-refractivity contribution in [3.05, 3.63) is 10.3 Å². The number of hydrogen-bond acceptors (Lipinski definition) is 4. The van der Waals surface area contributed by atoms with E-state index in [0.29, 0.717) is 16.9 Å². The Bertz CT molecular complexity index is 355. The lowest BCUT2D eigenvalue weighted by atomic mass is 9.88. The number of aryl methyl sites for hydroxylation is 1. The van der Waals surface area contributed by atoms with Crippen LogP contribution in [0.25, 0.3) is 0 Å². The first-order valence-corrected chi connectivity index (χ1v) is 6.21. The standard InChI is InChI=1S/C10H16BrN3O2/c1-10(5-3-4-6-16-10)8(15)7-9(11)12-13-14(7)2/h8,15H,3-6H2,1-2H3. The van der Waals surface area contributed by atoms with E-state index in [4.69, 9.17) is 4.74 Å². The molecule has 0 spiro atoms. The van der Waals surface area contributed by atoms with Crippen LogP contribution in [0.3, 0.4) is 0 Å². The third-order valence-corrected chi connectivity index (χ3v) is 3.73. The molecule has 1 N–H and O–H groups in total. The molecule has 0 radical (unpaired) electrons. The van der Waals surface area contributed by atoms with Crippen molar-refractivity contribution in [1.29, 1.82) is 0 Å². The van der Waals surface area contributed by atoms with E-state index in [1.165, 1.54) is 0 Å². The predicted octanol–water partition coefficient (Wildman–Crippen LogP) is 1.57. The molecule has 0 amide bonds. The van der Waals surface area contributed by atoms with Gasteiger partial charge < -0.3 is 9.84 Å². The Labute approximate surface area is 103 Å². The van der Waals surface area contributed by atoms with Crippen LogP contribution in [0.2, 0.25) is 0 Å². The number of nitrogens with zero attached hydrogens (tertiary/aromatic N) is 3. The molecule has 1 fully saturated rings. The van der Waals surface area contributed by atoms with Crippen LogP contribution in [-0.4, -0.2) is 32.3 Å². The Morgan fingerprint density at radius 1 is 1.56 bits per heavy atom. The van der Waals surface area contributed by atoms with Gasteiger partial charge in [0.25, 0.3) is 0 Å². The highest BCUT2D eigenvalue weighted by atomic mass is 79.9. The lowest BCUT2D eigenvalue weighted by Crippen LogP contribution is -2.40. The van der Waals surface area contributed by atoms with Crippen LogP contribution in [0, 0.1) is 0 Å². The molecule has 1 aromatic heterocycles. The third kappa shape index (κ3) is 2.01. The van der Waals surface area contributed by atoms with E-state index < -0.39 is 11.7 Å². The molecule has 1 aromatic rings. The topological polar surface area (TPSA) is 60.2 Å². The average molecular weight is 290 g/mol. The Hall–Kier alpha value is -0.460. The molecule has 2 atom stereocenters. The molecule has 2 heterocycles. The average Bonchev–Trinajstić information content (AvgIpc) is 2.59. The van der Waals surface area contributed by atoms with Gasteiger partial charge in [0.05, 0.1) is 5.60 Å². The van der Waals surface area contributed by atoms with Crippen LogP contribution in [-0.2, 0) is 11.8 Å². The predicted molar refractivity (Wildman–Crippen MR) is 61.9 cm³/mol. The molecular formula is C10H16BrN3O2. The van der Waals surface area contributed by atoms with Crippen molar-refractivity contribution < 1.29 is 9.84 Å². The zero-order valence-electron chi connectivity index (χ0n) is 9.48. The summed E-state index contributed by atoms with van der Waals surface area (Å²) in [6, 6.07) is 0. The highest BCUT2D eigenvalue weighted by Gasteiger charge is 2.39. The fourth-order valence-electron chi connectivity index (χ4n) is 2.09. The molecule has 2 unspecified atom stereocenters. The largest absolute Gasteiger partial charge is 0.384 e. The minimum absolute atomic E-state index is 0.532. The number of hydrogen-bond donors (Lipinski definition) is 1. The molecule has 1 saturated heterocycles. The number of aromatic nitrogens is 3. The summed E-state index contributed by atoms with van der Waals surface area (Å²) in [5, 5.41) is 18.1. The van der Waals surface area contributed by atoms with Gasteiger partial charge in [-0.05, 0) is 42.1 Å². The van der Waals surface area contributed by atoms with Crippen molar-refractivity contribution in [2.75, 3.05) is 6.61 Å². The molecule has 2 rings (SSSR count). The summed E-state index contributed by atoms with van der Waals surface area (Å²) in [6.45, 7) is 2.65. The van der Waals surface area contributed by atoms with Crippen molar-refractivity contribution in [2.24, 2.45) is 7.05 Å². The third-order valence-electron chi connectivity index (χ3n) is 3.16. The smallest absolute Gasteiger partial charge is 0.154 e. The fourth-order valence-corrected chi connectivity index (χ4v) is 2.63. The van der Waals surface area contributed by atoms with Crippen LogP contribution in [0.15, 0.2) is 4.60 Å². The number of rotatable bonds is 2. The minimum Gasteiger partial charge on any atom is -0.384 e. The quantitative estimate of drug-likeness (QED) is 0.898. The van der Waals surface area contributed by atoms with Crippen LogP contribution < -0.4 is 0 Å². The Kier molecular flexibility index (Phi) is 3.32. The number of aliphatic hydroxyl groups is 1. The van der Waals surface area contributed by atoms with Crippen LogP contribution in [0.5, 0.6) is 0 Å². The van der Waals surface area contributed by atoms with Gasteiger partial charge in [-0.1, -0.05) is 5.21 Å². The van der Waals surface area contributed by atoms with Crippen molar-refractivity contribution in [3.8, 4) is 0 Å². The van der Waals surface area contributed by atoms with E-state index in [2.05, 4.69) is 26.2 Å². The van der Waals surface area contributed by atoms with Gasteiger partial charge in [-0.25, -0.2) is 4.68 Å². The number of halogens is 1. The highest BCUT2D eigenvalue weighted by molar-refractivity contribution is 9.10. The molecule has 1 aliphatic rings. The maximum absolute atomic E-state index is 10.4. The molecule has 5 nitrogen and oxygen atoms in total. The lowest BCUT2D eigenvalue weighted by molar-refractivity contribution is -0.140. The van der Waals surface area contributed by atoms with Gasteiger partial charge in [0.2, 0.25) is 0 Å². The maximum Gasteiger partial charge on any atom is 0.154 e. The van der Waals surface area contributed by atoms with Gasteiger partial charge in [-0.3, -0.25) is 0 Å². The number of ether oxygens (including phenoxy) is 1. The van der Waals surface area contributed by atoms with Crippen LogP contribution in [0.4, 0.5) is 0 Å². The molecule has 1 aliphatic heterocycles. The van der Waals surface area contributed by atoms with Crippen molar-refractivity contribution in [1.82, 2.24) is 15.0 Å². The molecular weight excluding hydrogens is 274 g/mol. The minimum atomic E-state index is -0.706. The first kappa shape index (κ1) is 12.0. The second kappa shape index (κ2) is 4.43. The summed E-state index contributed by atoms with van der Waals surface area (Å²) in [6.07, 6.45) is 2.29. The maximum atomic E-state index is 10.4.